The predicted octanol–water partition coefficient (Wildman–Crippen LogP) is 6.01. The lowest BCUT2D eigenvalue weighted by Gasteiger charge is -2.08. The standard InChI is InChI=1S/C17H16S2/c1-3-13-12(2)6-4-7-14(13)15-9-10-17(19-15)16-8-5-11-18-16/h4-11H,3H2,1-2H3. The first-order valence-electron chi connectivity index (χ1n) is 6.52. The maximum Gasteiger partial charge on any atom is 0.0449 e. The Kier molecular flexibility index (Phi) is 3.54. The van der Waals surface area contributed by atoms with Gasteiger partial charge in [-0.15, -0.1) is 22.7 Å². The Hall–Kier alpha value is -1.38. The van der Waals surface area contributed by atoms with Crippen LogP contribution in [0.2, 0.25) is 0 Å². The number of benzene rings is 1. The quantitative estimate of drug-likeness (QED) is 0.552. The molecule has 0 fully saturated rings. The molecule has 3 aromatic rings. The van der Waals surface area contributed by atoms with E-state index < -0.39 is 0 Å². The Morgan fingerprint density at radius 3 is 2.47 bits per heavy atom. The molecule has 1 aromatic carbocycles. The molecule has 19 heavy (non-hydrogen) atoms. The predicted molar refractivity (Wildman–Crippen MR) is 87.2 cm³/mol. The second-order valence-corrected chi connectivity index (χ2v) is 6.63. The summed E-state index contributed by atoms with van der Waals surface area (Å²) in [6.07, 6.45) is 1.09. The Morgan fingerprint density at radius 1 is 0.895 bits per heavy atom. The van der Waals surface area contributed by atoms with Gasteiger partial charge in [-0.3, -0.25) is 0 Å². The van der Waals surface area contributed by atoms with Gasteiger partial charge in [-0.25, -0.2) is 0 Å². The molecular formula is C17H16S2. The van der Waals surface area contributed by atoms with Gasteiger partial charge in [-0.05, 0) is 53.6 Å². The van der Waals surface area contributed by atoms with E-state index in [1.54, 1.807) is 0 Å². The summed E-state index contributed by atoms with van der Waals surface area (Å²) in [6.45, 7) is 4.44. The SMILES string of the molecule is CCc1c(C)cccc1-c1ccc(-c2cccs2)s1. The third-order valence-electron chi connectivity index (χ3n) is 3.40. The number of aryl methyl sites for hydroxylation is 1. The lowest BCUT2D eigenvalue weighted by Crippen LogP contribution is -1.89. The van der Waals surface area contributed by atoms with Crippen LogP contribution in [0.1, 0.15) is 18.1 Å². The van der Waals surface area contributed by atoms with Gasteiger partial charge in [0, 0.05) is 14.6 Å². The summed E-state index contributed by atoms with van der Waals surface area (Å²) in [5, 5.41) is 2.14. The number of rotatable bonds is 3. The second kappa shape index (κ2) is 5.32. The smallest absolute Gasteiger partial charge is 0.0449 e. The average molecular weight is 284 g/mol. The molecule has 0 N–H and O–H groups in total. The molecule has 2 aromatic heterocycles. The molecule has 0 saturated carbocycles. The van der Waals surface area contributed by atoms with Crippen LogP contribution in [0.15, 0.2) is 47.8 Å². The van der Waals surface area contributed by atoms with E-state index in [0.29, 0.717) is 0 Å². The summed E-state index contributed by atoms with van der Waals surface area (Å²) in [6, 6.07) is 15.4. The van der Waals surface area contributed by atoms with E-state index in [1.165, 1.54) is 31.3 Å². The molecule has 2 heterocycles. The zero-order valence-electron chi connectivity index (χ0n) is 11.1. The van der Waals surface area contributed by atoms with E-state index in [0.717, 1.165) is 6.42 Å². The normalized spacial score (nSPS) is 10.8. The van der Waals surface area contributed by atoms with Gasteiger partial charge in [0.1, 0.15) is 0 Å². The van der Waals surface area contributed by atoms with Crippen LogP contribution in [0, 0.1) is 6.92 Å². The molecule has 0 bridgehead atoms. The highest BCUT2D eigenvalue weighted by atomic mass is 32.1. The van der Waals surface area contributed by atoms with Crippen molar-refractivity contribution in [2.24, 2.45) is 0 Å². The van der Waals surface area contributed by atoms with Gasteiger partial charge < -0.3 is 0 Å². The molecule has 0 spiro atoms. The van der Waals surface area contributed by atoms with Crippen LogP contribution in [-0.2, 0) is 6.42 Å². The summed E-state index contributed by atoms with van der Waals surface area (Å²) < 4.78 is 0. The van der Waals surface area contributed by atoms with Crippen molar-refractivity contribution in [3.8, 4) is 20.2 Å². The van der Waals surface area contributed by atoms with Gasteiger partial charge in [0.15, 0.2) is 0 Å². The van der Waals surface area contributed by atoms with Crippen molar-refractivity contribution in [2.75, 3.05) is 0 Å². The largest absolute Gasteiger partial charge is 0.143 e. The molecular weight excluding hydrogens is 268 g/mol. The van der Waals surface area contributed by atoms with E-state index >= 15 is 0 Å². The maximum atomic E-state index is 2.26. The van der Waals surface area contributed by atoms with Crippen molar-refractivity contribution < 1.29 is 0 Å². The molecule has 0 atom stereocenters. The van der Waals surface area contributed by atoms with Gasteiger partial charge in [0.2, 0.25) is 0 Å². The van der Waals surface area contributed by atoms with Crippen LogP contribution in [0.5, 0.6) is 0 Å². The van der Waals surface area contributed by atoms with Crippen LogP contribution in [0.3, 0.4) is 0 Å². The fraction of sp³-hybridized carbons (Fsp3) is 0.176. The van der Waals surface area contributed by atoms with Crippen LogP contribution in [0.25, 0.3) is 20.2 Å². The number of hydrogen-bond donors (Lipinski definition) is 0. The van der Waals surface area contributed by atoms with Crippen molar-refractivity contribution in [2.45, 2.75) is 20.3 Å². The molecule has 0 aliphatic rings. The van der Waals surface area contributed by atoms with Crippen molar-refractivity contribution in [1.82, 2.24) is 0 Å². The van der Waals surface area contributed by atoms with E-state index in [-0.39, 0.29) is 0 Å². The highest BCUT2D eigenvalue weighted by Crippen LogP contribution is 2.38. The second-order valence-electron chi connectivity index (χ2n) is 4.60. The molecule has 2 heteroatoms. The fourth-order valence-electron chi connectivity index (χ4n) is 2.44. The van der Waals surface area contributed by atoms with Crippen molar-refractivity contribution in [3.63, 3.8) is 0 Å². The van der Waals surface area contributed by atoms with Crippen LogP contribution >= 0.6 is 22.7 Å². The van der Waals surface area contributed by atoms with Gasteiger partial charge in [0.25, 0.3) is 0 Å². The first-order valence-corrected chi connectivity index (χ1v) is 8.21. The summed E-state index contributed by atoms with van der Waals surface area (Å²) in [5.74, 6) is 0. The van der Waals surface area contributed by atoms with E-state index in [4.69, 9.17) is 0 Å². The topological polar surface area (TPSA) is 0 Å². The van der Waals surface area contributed by atoms with Gasteiger partial charge in [-0.2, -0.15) is 0 Å². The first kappa shape index (κ1) is 12.6. The van der Waals surface area contributed by atoms with E-state index in [1.807, 2.05) is 22.7 Å². The molecule has 0 unspecified atom stereocenters. The lowest BCUT2D eigenvalue weighted by atomic mass is 9.99. The van der Waals surface area contributed by atoms with Crippen molar-refractivity contribution >= 4 is 22.7 Å². The molecule has 0 nitrogen and oxygen atoms in total. The summed E-state index contributed by atoms with van der Waals surface area (Å²) in [7, 11) is 0. The van der Waals surface area contributed by atoms with Crippen LogP contribution in [0.4, 0.5) is 0 Å². The van der Waals surface area contributed by atoms with Crippen molar-refractivity contribution in [3.05, 3.63) is 59.0 Å². The number of hydrogen-bond acceptors (Lipinski definition) is 2. The summed E-state index contributed by atoms with van der Waals surface area (Å²) in [5.41, 5.74) is 4.27. The minimum Gasteiger partial charge on any atom is -0.143 e. The Morgan fingerprint density at radius 2 is 1.74 bits per heavy atom. The van der Waals surface area contributed by atoms with Gasteiger partial charge in [-0.1, -0.05) is 31.2 Å². The van der Waals surface area contributed by atoms with Gasteiger partial charge >= 0.3 is 0 Å². The third-order valence-corrected chi connectivity index (χ3v) is 5.58. The maximum absolute atomic E-state index is 2.26. The fourth-order valence-corrected chi connectivity index (χ4v) is 4.33. The zero-order chi connectivity index (χ0) is 13.2. The lowest BCUT2D eigenvalue weighted by molar-refractivity contribution is 1.11. The summed E-state index contributed by atoms with van der Waals surface area (Å²) in [4.78, 5) is 4.11. The minimum atomic E-state index is 1.09. The molecule has 3 rings (SSSR count). The molecule has 0 saturated heterocycles. The molecule has 0 aliphatic carbocycles. The van der Waals surface area contributed by atoms with E-state index in [2.05, 4.69) is 61.7 Å². The third kappa shape index (κ3) is 2.38. The minimum absolute atomic E-state index is 1.09. The molecule has 0 amide bonds. The highest BCUT2D eigenvalue weighted by molar-refractivity contribution is 7.23. The zero-order valence-corrected chi connectivity index (χ0v) is 12.8. The Balaban J connectivity index is 2.06. The van der Waals surface area contributed by atoms with Crippen LogP contribution < -0.4 is 0 Å². The van der Waals surface area contributed by atoms with Gasteiger partial charge in [0.05, 0.1) is 0 Å². The Bertz CT molecular complexity index is 675. The summed E-state index contributed by atoms with van der Waals surface area (Å²) >= 11 is 3.70. The van der Waals surface area contributed by atoms with E-state index in [9.17, 15) is 0 Å². The average Bonchev–Trinajstić information content (AvgIpc) is 3.09. The Labute approximate surface area is 122 Å². The molecule has 96 valence electrons. The van der Waals surface area contributed by atoms with Crippen molar-refractivity contribution in [1.29, 1.82) is 0 Å². The number of thiophene rings is 2. The molecule has 0 radical (unpaired) electrons. The molecule has 0 aliphatic heterocycles. The van der Waals surface area contributed by atoms with Crippen LogP contribution in [-0.4, -0.2) is 0 Å². The highest BCUT2D eigenvalue weighted by Gasteiger charge is 2.10. The monoisotopic (exact) mass is 284 g/mol. The first-order chi connectivity index (χ1) is 9.29.